The van der Waals surface area contributed by atoms with Crippen molar-refractivity contribution >= 4 is 5.97 Å². The van der Waals surface area contributed by atoms with Gasteiger partial charge in [-0.25, -0.2) is 0 Å². The summed E-state index contributed by atoms with van der Waals surface area (Å²) in [7, 11) is 0. The van der Waals surface area contributed by atoms with Crippen LogP contribution in [-0.2, 0) is 11.2 Å². The molecule has 0 amide bonds. The Hall–Kier alpha value is -2.49. The van der Waals surface area contributed by atoms with Gasteiger partial charge >= 0.3 is 5.97 Å². The minimum atomic E-state index is -0.886. The molecule has 0 saturated heterocycles. The zero-order valence-corrected chi connectivity index (χ0v) is 14.6. The third-order valence-electron chi connectivity index (χ3n) is 4.25. The van der Waals surface area contributed by atoms with Crippen LogP contribution in [0.25, 0.3) is 0 Å². The molecular formula is C21H26O4. The van der Waals surface area contributed by atoms with Gasteiger partial charge in [0.05, 0.1) is 12.5 Å². The van der Waals surface area contributed by atoms with Crippen LogP contribution in [0.1, 0.15) is 49.7 Å². The Bertz CT molecular complexity index is 664. The second-order valence-corrected chi connectivity index (χ2v) is 6.20. The van der Waals surface area contributed by atoms with E-state index in [1.807, 2.05) is 24.3 Å². The molecule has 0 spiro atoms. The molecule has 134 valence electrons. The molecule has 0 heterocycles. The van der Waals surface area contributed by atoms with Crippen LogP contribution in [0.3, 0.4) is 0 Å². The predicted molar refractivity (Wildman–Crippen MR) is 98.3 cm³/mol. The number of hydrogen-bond acceptors (Lipinski definition) is 3. The summed E-state index contributed by atoms with van der Waals surface area (Å²) in [6.07, 6.45) is 4.88. The van der Waals surface area contributed by atoms with E-state index >= 15 is 0 Å². The van der Waals surface area contributed by atoms with Crippen LogP contribution in [0, 0.1) is 0 Å². The number of benzene rings is 2. The van der Waals surface area contributed by atoms with Crippen molar-refractivity contribution in [3.63, 3.8) is 0 Å². The largest absolute Gasteiger partial charge is 0.508 e. The Morgan fingerprint density at radius 1 is 1.04 bits per heavy atom. The topological polar surface area (TPSA) is 66.8 Å². The number of para-hydroxylation sites is 1. The number of aromatic hydroxyl groups is 1. The van der Waals surface area contributed by atoms with Crippen LogP contribution < -0.4 is 4.74 Å². The number of phenolic OH excluding ortho intramolecular Hbond substituents is 1. The first-order valence-corrected chi connectivity index (χ1v) is 8.84. The van der Waals surface area contributed by atoms with E-state index in [1.165, 1.54) is 25.0 Å². The Kier molecular flexibility index (Phi) is 7.33. The van der Waals surface area contributed by atoms with Crippen molar-refractivity contribution in [1.82, 2.24) is 0 Å². The Morgan fingerprint density at radius 2 is 1.76 bits per heavy atom. The molecule has 4 nitrogen and oxygen atoms in total. The van der Waals surface area contributed by atoms with E-state index in [4.69, 9.17) is 4.74 Å². The van der Waals surface area contributed by atoms with Crippen molar-refractivity contribution < 1.29 is 19.7 Å². The van der Waals surface area contributed by atoms with E-state index in [0.29, 0.717) is 18.6 Å². The first-order valence-electron chi connectivity index (χ1n) is 8.84. The zero-order chi connectivity index (χ0) is 18.1. The van der Waals surface area contributed by atoms with Gasteiger partial charge in [-0.05, 0) is 42.2 Å². The third kappa shape index (κ3) is 5.82. The first-order chi connectivity index (χ1) is 12.1. The number of carbonyl (C=O) groups is 1. The monoisotopic (exact) mass is 342 g/mol. The summed E-state index contributed by atoms with van der Waals surface area (Å²) in [5.74, 6) is -0.679. The quantitative estimate of drug-likeness (QED) is 0.611. The summed E-state index contributed by atoms with van der Waals surface area (Å²) in [5.41, 5.74) is 1.56. The molecule has 0 aliphatic heterocycles. The fourth-order valence-electron chi connectivity index (χ4n) is 2.80. The van der Waals surface area contributed by atoms with Crippen molar-refractivity contribution in [3.8, 4) is 11.5 Å². The van der Waals surface area contributed by atoms with Gasteiger partial charge in [0, 0.05) is 0 Å². The van der Waals surface area contributed by atoms with Crippen molar-refractivity contribution in [1.29, 1.82) is 0 Å². The van der Waals surface area contributed by atoms with Gasteiger partial charge in [0.15, 0.2) is 0 Å². The maximum Gasteiger partial charge on any atom is 0.311 e. The Balaban J connectivity index is 2.08. The average Bonchev–Trinajstić information content (AvgIpc) is 2.61. The fraction of sp³-hybridized carbons (Fsp3) is 0.381. The lowest BCUT2D eigenvalue weighted by Crippen LogP contribution is -2.15. The number of carboxylic acids is 1. The van der Waals surface area contributed by atoms with Gasteiger partial charge in [0.25, 0.3) is 0 Å². The number of rotatable bonds is 10. The highest BCUT2D eigenvalue weighted by Gasteiger charge is 2.22. The highest BCUT2D eigenvalue weighted by molar-refractivity contribution is 5.76. The van der Waals surface area contributed by atoms with Gasteiger partial charge in [-0.15, -0.1) is 0 Å². The second kappa shape index (κ2) is 9.72. The van der Waals surface area contributed by atoms with Gasteiger partial charge in [0.1, 0.15) is 11.5 Å². The van der Waals surface area contributed by atoms with Gasteiger partial charge in [-0.3, -0.25) is 4.79 Å². The lowest BCUT2D eigenvalue weighted by Gasteiger charge is -2.16. The lowest BCUT2D eigenvalue weighted by atomic mass is 9.91. The number of phenols is 1. The molecule has 2 aromatic carbocycles. The summed E-state index contributed by atoms with van der Waals surface area (Å²) in [5, 5.41) is 19.0. The van der Waals surface area contributed by atoms with Gasteiger partial charge < -0.3 is 14.9 Å². The SMILES string of the molecule is CCCCCCOc1ccccc1CC(C(=O)O)c1ccc(O)cc1. The maximum atomic E-state index is 11.7. The van der Waals surface area contributed by atoms with E-state index in [-0.39, 0.29) is 5.75 Å². The van der Waals surface area contributed by atoms with Crippen molar-refractivity contribution in [2.75, 3.05) is 6.61 Å². The van der Waals surface area contributed by atoms with E-state index in [0.717, 1.165) is 24.2 Å². The Morgan fingerprint density at radius 3 is 2.44 bits per heavy atom. The molecule has 4 heteroatoms. The number of hydrogen-bond donors (Lipinski definition) is 2. The maximum absolute atomic E-state index is 11.7. The number of ether oxygens (including phenoxy) is 1. The van der Waals surface area contributed by atoms with Crippen molar-refractivity contribution in [3.05, 3.63) is 59.7 Å². The molecule has 0 aliphatic rings. The lowest BCUT2D eigenvalue weighted by molar-refractivity contribution is -0.138. The minimum Gasteiger partial charge on any atom is -0.508 e. The summed E-state index contributed by atoms with van der Waals surface area (Å²) in [4.78, 5) is 11.7. The molecule has 25 heavy (non-hydrogen) atoms. The molecule has 0 bridgehead atoms. The van der Waals surface area contributed by atoms with Gasteiger partial charge in [-0.2, -0.15) is 0 Å². The molecule has 0 radical (unpaired) electrons. The highest BCUT2D eigenvalue weighted by atomic mass is 16.5. The number of unbranched alkanes of at least 4 members (excludes halogenated alkanes) is 3. The molecule has 0 aromatic heterocycles. The normalized spacial score (nSPS) is 11.9. The van der Waals surface area contributed by atoms with Gasteiger partial charge in [0.2, 0.25) is 0 Å². The molecule has 0 saturated carbocycles. The van der Waals surface area contributed by atoms with Crippen molar-refractivity contribution in [2.24, 2.45) is 0 Å². The molecule has 2 rings (SSSR count). The zero-order valence-electron chi connectivity index (χ0n) is 14.6. The summed E-state index contributed by atoms with van der Waals surface area (Å²) < 4.78 is 5.89. The van der Waals surface area contributed by atoms with Crippen LogP contribution in [-0.4, -0.2) is 22.8 Å². The highest BCUT2D eigenvalue weighted by Crippen LogP contribution is 2.28. The minimum absolute atomic E-state index is 0.128. The molecule has 1 unspecified atom stereocenters. The Labute approximate surface area is 149 Å². The fourth-order valence-corrected chi connectivity index (χ4v) is 2.80. The molecule has 0 fully saturated rings. The summed E-state index contributed by atoms with van der Waals surface area (Å²) in [6, 6.07) is 14.0. The van der Waals surface area contributed by atoms with E-state index < -0.39 is 11.9 Å². The average molecular weight is 342 g/mol. The number of aliphatic carboxylic acids is 1. The summed E-state index contributed by atoms with van der Waals surface area (Å²) in [6.45, 7) is 2.82. The molecule has 0 aliphatic carbocycles. The molecule has 2 aromatic rings. The number of carboxylic acid groups (broad SMARTS) is 1. The van der Waals surface area contributed by atoms with Crippen LogP contribution in [0.5, 0.6) is 11.5 Å². The third-order valence-corrected chi connectivity index (χ3v) is 4.25. The van der Waals surface area contributed by atoms with Gasteiger partial charge in [-0.1, -0.05) is 56.5 Å². The first kappa shape index (κ1) is 18.8. The van der Waals surface area contributed by atoms with Crippen LogP contribution in [0.4, 0.5) is 0 Å². The predicted octanol–water partition coefficient (Wildman–Crippen LogP) is 4.76. The molecule has 2 N–H and O–H groups in total. The molecule has 1 atom stereocenters. The van der Waals surface area contributed by atoms with Crippen molar-refractivity contribution in [2.45, 2.75) is 44.9 Å². The van der Waals surface area contributed by atoms with E-state index in [9.17, 15) is 15.0 Å². The smallest absolute Gasteiger partial charge is 0.311 e. The molecular weight excluding hydrogens is 316 g/mol. The summed E-state index contributed by atoms with van der Waals surface area (Å²) >= 11 is 0. The standard InChI is InChI=1S/C21H26O4/c1-2-3-4-7-14-25-20-9-6-5-8-17(20)15-19(21(23)24)16-10-12-18(22)13-11-16/h5-6,8-13,19,22H,2-4,7,14-15H2,1H3,(H,23,24). The van der Waals surface area contributed by atoms with Crippen LogP contribution >= 0.6 is 0 Å². The van der Waals surface area contributed by atoms with E-state index in [2.05, 4.69) is 6.92 Å². The van der Waals surface area contributed by atoms with Crippen LogP contribution in [0.2, 0.25) is 0 Å². The van der Waals surface area contributed by atoms with E-state index in [1.54, 1.807) is 12.1 Å². The van der Waals surface area contributed by atoms with Crippen LogP contribution in [0.15, 0.2) is 48.5 Å². The second-order valence-electron chi connectivity index (χ2n) is 6.20.